The van der Waals surface area contributed by atoms with E-state index in [0.717, 1.165) is 6.42 Å². The summed E-state index contributed by atoms with van der Waals surface area (Å²) in [4.78, 5) is 25.1. The first-order valence-corrected chi connectivity index (χ1v) is 4.62. The van der Waals surface area contributed by atoms with Crippen LogP contribution in [0.3, 0.4) is 0 Å². The average Bonchev–Trinajstić information content (AvgIpc) is 2.62. The lowest BCUT2D eigenvalue weighted by Crippen LogP contribution is -2.24. The number of carbonyl (C=O) groups excluding carboxylic acids is 2. The third kappa shape index (κ3) is 2.45. The molecule has 1 aromatic rings. The van der Waals surface area contributed by atoms with E-state index in [1.807, 2.05) is 6.92 Å². The van der Waals surface area contributed by atoms with Crippen LogP contribution in [-0.4, -0.2) is 23.2 Å². The molecule has 4 heteroatoms. The van der Waals surface area contributed by atoms with Gasteiger partial charge in [-0.15, -0.1) is 0 Å². The maximum atomic E-state index is 11.4. The number of Topliss-reactive ketones (excluding diaryl/α,β-unsaturated/α-hetero) is 1. The summed E-state index contributed by atoms with van der Waals surface area (Å²) in [5.41, 5.74) is 0.968. The summed E-state index contributed by atoms with van der Waals surface area (Å²) in [6.07, 6.45) is 2.44. The van der Waals surface area contributed by atoms with Crippen molar-refractivity contribution in [3.05, 3.63) is 23.5 Å². The minimum atomic E-state index is -0.167. The Labute approximate surface area is 82.7 Å². The maximum absolute atomic E-state index is 11.4. The van der Waals surface area contributed by atoms with Crippen LogP contribution in [0.4, 0.5) is 0 Å². The quantitative estimate of drug-likeness (QED) is 0.711. The normalized spacial score (nSPS) is 9.86. The van der Waals surface area contributed by atoms with Crippen molar-refractivity contribution < 1.29 is 9.59 Å². The Balaban J connectivity index is 2.66. The number of carbonyl (C=O) groups is 2. The third-order valence-corrected chi connectivity index (χ3v) is 1.87. The van der Waals surface area contributed by atoms with Gasteiger partial charge in [0, 0.05) is 18.3 Å². The van der Waals surface area contributed by atoms with E-state index in [4.69, 9.17) is 0 Å². The third-order valence-electron chi connectivity index (χ3n) is 1.87. The molecule has 0 aliphatic rings. The van der Waals surface area contributed by atoms with Gasteiger partial charge in [-0.3, -0.25) is 9.59 Å². The van der Waals surface area contributed by atoms with E-state index in [-0.39, 0.29) is 11.7 Å². The van der Waals surface area contributed by atoms with Crippen molar-refractivity contribution in [1.82, 2.24) is 10.3 Å². The topological polar surface area (TPSA) is 62.0 Å². The van der Waals surface area contributed by atoms with E-state index in [0.29, 0.717) is 17.8 Å². The molecule has 0 radical (unpaired) electrons. The molecule has 0 aromatic carbocycles. The number of hydrogen-bond acceptors (Lipinski definition) is 2. The summed E-state index contributed by atoms with van der Waals surface area (Å²) in [7, 11) is 0. The molecule has 0 saturated heterocycles. The molecule has 1 aromatic heterocycles. The van der Waals surface area contributed by atoms with E-state index < -0.39 is 0 Å². The number of H-pyrrole nitrogens is 1. The van der Waals surface area contributed by atoms with Crippen LogP contribution in [0.25, 0.3) is 0 Å². The lowest BCUT2D eigenvalue weighted by Gasteiger charge is -1.99. The second-order valence-electron chi connectivity index (χ2n) is 3.11. The SMILES string of the molecule is CCCNC(=O)c1cc(C(C)=O)c[nH]1. The first-order valence-electron chi connectivity index (χ1n) is 4.62. The predicted octanol–water partition coefficient (Wildman–Crippen LogP) is 1.36. The molecule has 0 spiro atoms. The monoisotopic (exact) mass is 194 g/mol. The highest BCUT2D eigenvalue weighted by molar-refractivity contribution is 5.98. The fraction of sp³-hybridized carbons (Fsp3) is 0.400. The molecule has 0 atom stereocenters. The summed E-state index contributed by atoms with van der Waals surface area (Å²) in [6, 6.07) is 1.56. The molecule has 0 aliphatic heterocycles. The summed E-state index contributed by atoms with van der Waals surface area (Å²) in [5, 5.41) is 2.72. The van der Waals surface area contributed by atoms with Crippen molar-refractivity contribution in [2.45, 2.75) is 20.3 Å². The van der Waals surface area contributed by atoms with Gasteiger partial charge in [0.25, 0.3) is 5.91 Å². The molecule has 0 unspecified atom stereocenters. The number of rotatable bonds is 4. The lowest BCUT2D eigenvalue weighted by molar-refractivity contribution is 0.0949. The Morgan fingerprint density at radius 1 is 1.50 bits per heavy atom. The molecule has 14 heavy (non-hydrogen) atoms. The number of ketones is 1. The van der Waals surface area contributed by atoms with E-state index in [1.54, 1.807) is 12.3 Å². The Bertz CT molecular complexity index is 342. The molecular formula is C10H14N2O2. The van der Waals surface area contributed by atoms with Crippen LogP contribution >= 0.6 is 0 Å². The highest BCUT2D eigenvalue weighted by Gasteiger charge is 2.09. The van der Waals surface area contributed by atoms with Gasteiger partial charge in [0.1, 0.15) is 5.69 Å². The van der Waals surface area contributed by atoms with E-state index in [2.05, 4.69) is 10.3 Å². The Morgan fingerprint density at radius 2 is 2.21 bits per heavy atom. The molecule has 4 nitrogen and oxygen atoms in total. The van der Waals surface area contributed by atoms with Crippen molar-refractivity contribution in [2.24, 2.45) is 0 Å². The predicted molar refractivity (Wildman–Crippen MR) is 53.4 cm³/mol. The molecular weight excluding hydrogens is 180 g/mol. The zero-order valence-corrected chi connectivity index (χ0v) is 8.39. The largest absolute Gasteiger partial charge is 0.356 e. The highest BCUT2D eigenvalue weighted by atomic mass is 16.2. The van der Waals surface area contributed by atoms with Crippen LogP contribution in [0.5, 0.6) is 0 Å². The van der Waals surface area contributed by atoms with Gasteiger partial charge in [-0.05, 0) is 19.4 Å². The summed E-state index contributed by atoms with van der Waals surface area (Å²) < 4.78 is 0. The van der Waals surface area contributed by atoms with E-state index in [1.165, 1.54) is 6.92 Å². The number of hydrogen-bond donors (Lipinski definition) is 2. The van der Waals surface area contributed by atoms with Crippen LogP contribution < -0.4 is 5.32 Å². The molecule has 0 aliphatic carbocycles. The zero-order valence-electron chi connectivity index (χ0n) is 8.39. The zero-order chi connectivity index (χ0) is 10.6. The number of nitrogens with one attached hydrogen (secondary N) is 2. The van der Waals surface area contributed by atoms with Crippen molar-refractivity contribution in [3.8, 4) is 0 Å². The minimum Gasteiger partial charge on any atom is -0.356 e. The second-order valence-corrected chi connectivity index (χ2v) is 3.11. The fourth-order valence-corrected chi connectivity index (χ4v) is 1.06. The summed E-state index contributed by atoms with van der Waals surface area (Å²) in [5.74, 6) is -0.213. The molecule has 0 fully saturated rings. The number of amides is 1. The first kappa shape index (κ1) is 10.5. The molecule has 0 saturated carbocycles. The van der Waals surface area contributed by atoms with Crippen molar-refractivity contribution in [1.29, 1.82) is 0 Å². The fourth-order valence-electron chi connectivity index (χ4n) is 1.06. The van der Waals surface area contributed by atoms with Gasteiger partial charge < -0.3 is 10.3 Å². The average molecular weight is 194 g/mol. The van der Waals surface area contributed by atoms with Gasteiger partial charge in [0.15, 0.2) is 5.78 Å². The standard InChI is InChI=1S/C10H14N2O2/c1-3-4-11-10(14)9-5-8(6-12-9)7(2)13/h5-6,12H,3-4H2,1-2H3,(H,11,14). The molecule has 1 heterocycles. The smallest absolute Gasteiger partial charge is 0.267 e. The number of aromatic nitrogens is 1. The van der Waals surface area contributed by atoms with Crippen LogP contribution in [0.1, 0.15) is 41.1 Å². The van der Waals surface area contributed by atoms with Gasteiger partial charge in [-0.1, -0.05) is 6.92 Å². The summed E-state index contributed by atoms with van der Waals surface area (Å²) >= 11 is 0. The van der Waals surface area contributed by atoms with Crippen LogP contribution in [-0.2, 0) is 0 Å². The Hall–Kier alpha value is -1.58. The van der Waals surface area contributed by atoms with Crippen molar-refractivity contribution >= 4 is 11.7 Å². The number of aromatic amines is 1. The first-order chi connectivity index (χ1) is 6.65. The molecule has 76 valence electrons. The van der Waals surface area contributed by atoms with Gasteiger partial charge >= 0.3 is 0 Å². The molecule has 1 rings (SSSR count). The van der Waals surface area contributed by atoms with Gasteiger partial charge in [0.2, 0.25) is 0 Å². The molecule has 1 amide bonds. The van der Waals surface area contributed by atoms with Gasteiger partial charge in [0.05, 0.1) is 0 Å². The van der Waals surface area contributed by atoms with Gasteiger partial charge in [-0.25, -0.2) is 0 Å². The highest BCUT2D eigenvalue weighted by Crippen LogP contribution is 2.03. The van der Waals surface area contributed by atoms with Gasteiger partial charge in [-0.2, -0.15) is 0 Å². The van der Waals surface area contributed by atoms with Crippen LogP contribution in [0.2, 0.25) is 0 Å². The minimum absolute atomic E-state index is 0.0456. The van der Waals surface area contributed by atoms with Crippen molar-refractivity contribution in [2.75, 3.05) is 6.54 Å². The molecule has 2 N–H and O–H groups in total. The van der Waals surface area contributed by atoms with E-state index >= 15 is 0 Å². The second kappa shape index (κ2) is 4.60. The van der Waals surface area contributed by atoms with Crippen LogP contribution in [0, 0.1) is 0 Å². The Morgan fingerprint density at radius 3 is 2.71 bits per heavy atom. The Kier molecular flexibility index (Phi) is 3.45. The summed E-state index contributed by atoms with van der Waals surface area (Å²) in [6.45, 7) is 4.10. The van der Waals surface area contributed by atoms with E-state index in [9.17, 15) is 9.59 Å². The maximum Gasteiger partial charge on any atom is 0.267 e. The lowest BCUT2D eigenvalue weighted by atomic mass is 10.2. The molecule has 0 bridgehead atoms. The van der Waals surface area contributed by atoms with Crippen molar-refractivity contribution in [3.63, 3.8) is 0 Å². The van der Waals surface area contributed by atoms with Crippen LogP contribution in [0.15, 0.2) is 12.3 Å².